The maximum atomic E-state index is 12.4. The van der Waals surface area contributed by atoms with E-state index < -0.39 is 6.67 Å². The molecule has 16 heavy (non-hydrogen) atoms. The fourth-order valence-corrected chi connectivity index (χ4v) is 1.71. The van der Waals surface area contributed by atoms with Crippen molar-refractivity contribution in [2.45, 2.75) is 20.5 Å². The van der Waals surface area contributed by atoms with Crippen LogP contribution in [0.2, 0.25) is 0 Å². The molecule has 0 aromatic heterocycles. The smallest absolute Gasteiger partial charge is 0.115 e. The predicted molar refractivity (Wildman–Crippen MR) is 66.2 cm³/mol. The van der Waals surface area contributed by atoms with Crippen LogP contribution in [-0.4, -0.2) is 0 Å². The average molecular weight is 214 g/mol. The summed E-state index contributed by atoms with van der Waals surface area (Å²) in [5, 5.41) is 0. The summed E-state index contributed by atoms with van der Waals surface area (Å²) in [6.45, 7) is 3.81. The van der Waals surface area contributed by atoms with Gasteiger partial charge in [0.15, 0.2) is 0 Å². The van der Waals surface area contributed by atoms with E-state index in [0.717, 1.165) is 11.1 Å². The molecule has 1 heteroatoms. The van der Waals surface area contributed by atoms with Crippen LogP contribution in [0.5, 0.6) is 0 Å². The molecule has 0 heterocycles. The molecule has 82 valence electrons. The summed E-state index contributed by atoms with van der Waals surface area (Å²) in [5.41, 5.74) is 5.64. The molecule has 0 radical (unpaired) electrons. The van der Waals surface area contributed by atoms with Crippen molar-refractivity contribution in [1.82, 2.24) is 0 Å². The van der Waals surface area contributed by atoms with Crippen LogP contribution in [0.1, 0.15) is 16.7 Å². The second-order valence-electron chi connectivity index (χ2n) is 4.13. The lowest BCUT2D eigenvalue weighted by Gasteiger charge is -2.06. The van der Waals surface area contributed by atoms with Crippen molar-refractivity contribution in [2.75, 3.05) is 0 Å². The Morgan fingerprint density at radius 1 is 0.812 bits per heavy atom. The van der Waals surface area contributed by atoms with Gasteiger partial charge in [-0.15, -0.1) is 0 Å². The van der Waals surface area contributed by atoms with E-state index >= 15 is 0 Å². The minimum Gasteiger partial charge on any atom is -0.246 e. The quantitative estimate of drug-likeness (QED) is 0.693. The van der Waals surface area contributed by atoms with Crippen LogP contribution < -0.4 is 0 Å². The van der Waals surface area contributed by atoms with Gasteiger partial charge < -0.3 is 0 Å². The van der Waals surface area contributed by atoms with Gasteiger partial charge in [0.05, 0.1) is 0 Å². The molecule has 2 rings (SSSR count). The van der Waals surface area contributed by atoms with Gasteiger partial charge in [0.2, 0.25) is 0 Å². The van der Waals surface area contributed by atoms with E-state index in [1.165, 1.54) is 16.7 Å². The Bertz CT molecular complexity index is 483. The van der Waals surface area contributed by atoms with Gasteiger partial charge in [0.25, 0.3) is 0 Å². The van der Waals surface area contributed by atoms with Crippen molar-refractivity contribution in [3.8, 4) is 11.1 Å². The molecule has 0 saturated heterocycles. The fraction of sp³-hybridized carbons (Fsp3) is 0.200. The number of hydrogen-bond acceptors (Lipinski definition) is 0. The minimum absolute atomic E-state index is 0.396. The highest BCUT2D eigenvalue weighted by Crippen LogP contribution is 2.22. The SMILES string of the molecule is Cc1ccc(-c2ccc(CF)cc2)cc1C. The molecule has 0 unspecified atom stereocenters. The summed E-state index contributed by atoms with van der Waals surface area (Å²) in [6.07, 6.45) is 0. The Balaban J connectivity index is 2.38. The molecule has 0 aliphatic rings. The Hall–Kier alpha value is -1.63. The van der Waals surface area contributed by atoms with Crippen molar-refractivity contribution in [2.24, 2.45) is 0 Å². The Kier molecular flexibility index (Phi) is 3.04. The third kappa shape index (κ3) is 2.13. The summed E-state index contributed by atoms with van der Waals surface area (Å²) in [4.78, 5) is 0. The van der Waals surface area contributed by atoms with Crippen LogP contribution in [0.25, 0.3) is 11.1 Å². The number of benzene rings is 2. The molecule has 0 aliphatic heterocycles. The Morgan fingerprint density at radius 3 is 2.00 bits per heavy atom. The summed E-state index contributed by atoms with van der Waals surface area (Å²) in [5.74, 6) is 0. The van der Waals surface area contributed by atoms with E-state index in [-0.39, 0.29) is 0 Å². The first-order valence-electron chi connectivity index (χ1n) is 5.43. The highest BCUT2D eigenvalue weighted by atomic mass is 19.1. The first-order valence-corrected chi connectivity index (χ1v) is 5.43. The molecule has 0 amide bonds. The van der Waals surface area contributed by atoms with Crippen LogP contribution in [0, 0.1) is 13.8 Å². The zero-order chi connectivity index (χ0) is 11.5. The number of alkyl halides is 1. The lowest BCUT2D eigenvalue weighted by atomic mass is 10.00. The Labute approximate surface area is 95.7 Å². The van der Waals surface area contributed by atoms with Crippen molar-refractivity contribution >= 4 is 0 Å². The number of hydrogen-bond donors (Lipinski definition) is 0. The highest BCUT2D eigenvalue weighted by molar-refractivity contribution is 5.65. The van der Waals surface area contributed by atoms with E-state index in [1.807, 2.05) is 24.3 Å². The second kappa shape index (κ2) is 4.48. The first kappa shape index (κ1) is 10.9. The molecule has 0 aliphatic carbocycles. The molecular formula is C15H15F. The molecule has 0 atom stereocenters. The van der Waals surface area contributed by atoms with Crippen LogP contribution in [0.15, 0.2) is 42.5 Å². The fourth-order valence-electron chi connectivity index (χ4n) is 1.71. The van der Waals surface area contributed by atoms with E-state index in [4.69, 9.17) is 0 Å². The molecule has 0 N–H and O–H groups in total. The van der Waals surface area contributed by atoms with Crippen molar-refractivity contribution in [1.29, 1.82) is 0 Å². The zero-order valence-corrected chi connectivity index (χ0v) is 9.63. The third-order valence-electron chi connectivity index (χ3n) is 2.95. The van der Waals surface area contributed by atoms with Gasteiger partial charge in [-0.2, -0.15) is 0 Å². The summed E-state index contributed by atoms with van der Waals surface area (Å²) >= 11 is 0. The van der Waals surface area contributed by atoms with Crippen molar-refractivity contribution < 1.29 is 4.39 Å². The first-order chi connectivity index (χ1) is 7.70. The van der Waals surface area contributed by atoms with Gasteiger partial charge in [-0.05, 0) is 41.7 Å². The minimum atomic E-state index is -0.396. The number of aryl methyl sites for hydroxylation is 2. The molecule has 0 bridgehead atoms. The lowest BCUT2D eigenvalue weighted by Crippen LogP contribution is -1.84. The molecule has 0 nitrogen and oxygen atoms in total. The predicted octanol–water partition coefficient (Wildman–Crippen LogP) is 4.44. The number of rotatable bonds is 2. The van der Waals surface area contributed by atoms with E-state index in [0.29, 0.717) is 0 Å². The van der Waals surface area contributed by atoms with E-state index in [9.17, 15) is 4.39 Å². The second-order valence-corrected chi connectivity index (χ2v) is 4.13. The van der Waals surface area contributed by atoms with Crippen LogP contribution in [-0.2, 0) is 6.67 Å². The van der Waals surface area contributed by atoms with Gasteiger partial charge in [-0.25, -0.2) is 4.39 Å². The molecule has 0 spiro atoms. The van der Waals surface area contributed by atoms with Crippen molar-refractivity contribution in [3.05, 3.63) is 59.2 Å². The van der Waals surface area contributed by atoms with Crippen LogP contribution in [0.4, 0.5) is 4.39 Å². The molecule has 2 aromatic rings. The van der Waals surface area contributed by atoms with Crippen molar-refractivity contribution in [3.63, 3.8) is 0 Å². The molecule has 0 saturated carbocycles. The average Bonchev–Trinajstić information content (AvgIpc) is 2.33. The monoisotopic (exact) mass is 214 g/mol. The van der Waals surface area contributed by atoms with E-state index in [2.05, 4.69) is 32.0 Å². The summed E-state index contributed by atoms with van der Waals surface area (Å²) in [6, 6.07) is 14.0. The zero-order valence-electron chi connectivity index (χ0n) is 9.63. The molecule has 2 aromatic carbocycles. The lowest BCUT2D eigenvalue weighted by molar-refractivity contribution is 0.485. The largest absolute Gasteiger partial charge is 0.246 e. The van der Waals surface area contributed by atoms with Gasteiger partial charge >= 0.3 is 0 Å². The van der Waals surface area contributed by atoms with Crippen LogP contribution in [0.3, 0.4) is 0 Å². The van der Waals surface area contributed by atoms with Gasteiger partial charge in [0.1, 0.15) is 6.67 Å². The summed E-state index contributed by atoms with van der Waals surface area (Å²) in [7, 11) is 0. The highest BCUT2D eigenvalue weighted by Gasteiger charge is 2.00. The topological polar surface area (TPSA) is 0 Å². The summed E-state index contributed by atoms with van der Waals surface area (Å²) < 4.78 is 12.4. The normalized spacial score (nSPS) is 10.4. The number of halogens is 1. The molecule has 0 fully saturated rings. The third-order valence-corrected chi connectivity index (χ3v) is 2.95. The van der Waals surface area contributed by atoms with Gasteiger partial charge in [0, 0.05) is 0 Å². The maximum absolute atomic E-state index is 12.4. The van der Waals surface area contributed by atoms with Crippen LogP contribution >= 0.6 is 0 Å². The molecular weight excluding hydrogens is 199 g/mol. The van der Waals surface area contributed by atoms with Gasteiger partial charge in [-0.3, -0.25) is 0 Å². The maximum Gasteiger partial charge on any atom is 0.115 e. The standard InChI is InChI=1S/C15H15F/c1-11-3-6-15(9-12(11)2)14-7-4-13(10-16)5-8-14/h3-9H,10H2,1-2H3. The Morgan fingerprint density at radius 2 is 1.44 bits per heavy atom. The van der Waals surface area contributed by atoms with E-state index in [1.54, 1.807) is 0 Å². The van der Waals surface area contributed by atoms with Gasteiger partial charge in [-0.1, -0.05) is 42.5 Å².